The lowest BCUT2D eigenvalue weighted by atomic mass is 9.67. The minimum atomic E-state index is -0.520. The minimum absolute atomic E-state index is 0.520. The molecule has 0 saturated heterocycles. The average Bonchev–Trinajstić information content (AvgIpc) is 4.08. The fraction of sp³-hybridized carbons (Fsp3) is 0.0137. The molecular weight excluding hydrogens is 907 g/mol. The summed E-state index contributed by atoms with van der Waals surface area (Å²) in [5.74, 6) is 0. The number of benzene rings is 12. The van der Waals surface area contributed by atoms with Crippen molar-refractivity contribution >= 4 is 39.0 Å². The fourth-order valence-corrected chi connectivity index (χ4v) is 11.9. The quantitative estimate of drug-likeness (QED) is 0.136. The Morgan fingerprint density at radius 2 is 0.707 bits per heavy atom. The molecule has 352 valence electrons. The summed E-state index contributed by atoms with van der Waals surface area (Å²) >= 11 is 0. The van der Waals surface area contributed by atoms with Crippen LogP contribution in [-0.2, 0) is 5.41 Å². The summed E-state index contributed by atoms with van der Waals surface area (Å²) in [6.45, 7) is 0. The van der Waals surface area contributed by atoms with Crippen LogP contribution < -0.4 is 4.90 Å². The van der Waals surface area contributed by atoms with Crippen LogP contribution in [0.15, 0.2) is 302 Å². The third kappa shape index (κ3) is 7.49. The standard InChI is InChI=1S/C73H49NO/c1-5-20-50(21-6-1)55-46-56(51-22-7-2-8-23-51)48-57(47-55)53-38-43-61(44-39-53)74(60-41-36-52(37-42-60)54-40-45-64-63-29-15-18-35-70(63)75-71(64)49-54)69-34-17-14-28-62(69)65-31-19-33-68-72(65)66-30-13-16-32-67(66)73(68,58-24-9-3-10-25-58)59-26-11-4-12-27-59/h1-49H. The summed E-state index contributed by atoms with van der Waals surface area (Å²) in [7, 11) is 0. The first-order valence-electron chi connectivity index (χ1n) is 25.8. The molecule has 0 atom stereocenters. The van der Waals surface area contributed by atoms with Gasteiger partial charge in [-0.15, -0.1) is 0 Å². The smallest absolute Gasteiger partial charge is 0.136 e. The number of hydrogen-bond donors (Lipinski definition) is 0. The predicted molar refractivity (Wildman–Crippen MR) is 313 cm³/mol. The summed E-state index contributed by atoms with van der Waals surface area (Å²) in [6, 6.07) is 108. The molecule has 0 aliphatic heterocycles. The summed E-state index contributed by atoms with van der Waals surface area (Å²) in [6.07, 6.45) is 0. The van der Waals surface area contributed by atoms with Gasteiger partial charge in [0.2, 0.25) is 0 Å². The zero-order valence-electron chi connectivity index (χ0n) is 41.1. The van der Waals surface area contributed by atoms with E-state index in [1.807, 2.05) is 12.1 Å². The molecule has 0 fully saturated rings. The third-order valence-electron chi connectivity index (χ3n) is 15.4. The highest BCUT2D eigenvalue weighted by atomic mass is 16.3. The van der Waals surface area contributed by atoms with E-state index in [0.717, 1.165) is 61.3 Å². The van der Waals surface area contributed by atoms with Crippen molar-refractivity contribution in [1.82, 2.24) is 0 Å². The van der Waals surface area contributed by atoms with E-state index in [4.69, 9.17) is 4.42 Å². The topological polar surface area (TPSA) is 16.4 Å². The Bertz CT molecular complexity index is 4100. The molecule has 2 heteroatoms. The Labute approximate surface area is 437 Å². The normalized spacial score (nSPS) is 12.4. The molecule has 0 spiro atoms. The molecule has 0 amide bonds. The van der Waals surface area contributed by atoms with Crippen molar-refractivity contribution in [2.45, 2.75) is 5.41 Å². The summed E-state index contributed by atoms with van der Waals surface area (Å²) in [5, 5.41) is 2.26. The van der Waals surface area contributed by atoms with Gasteiger partial charge in [-0.1, -0.05) is 231 Å². The van der Waals surface area contributed by atoms with Gasteiger partial charge in [-0.05, 0) is 150 Å². The molecule has 0 radical (unpaired) electrons. The molecule has 1 aromatic heterocycles. The Morgan fingerprint density at radius 1 is 0.267 bits per heavy atom. The van der Waals surface area contributed by atoms with Crippen molar-refractivity contribution in [3.63, 3.8) is 0 Å². The molecule has 1 aliphatic rings. The maximum Gasteiger partial charge on any atom is 0.136 e. The van der Waals surface area contributed by atoms with Crippen LogP contribution in [0.25, 0.3) is 88.7 Å². The second-order valence-electron chi connectivity index (χ2n) is 19.5. The summed E-state index contributed by atoms with van der Waals surface area (Å²) < 4.78 is 6.36. The van der Waals surface area contributed by atoms with E-state index in [2.05, 4.69) is 290 Å². The summed E-state index contributed by atoms with van der Waals surface area (Å²) in [5.41, 5.74) is 23.7. The van der Waals surface area contributed by atoms with Gasteiger partial charge < -0.3 is 9.32 Å². The van der Waals surface area contributed by atoms with E-state index in [1.165, 1.54) is 66.8 Å². The van der Waals surface area contributed by atoms with Gasteiger partial charge in [0.05, 0.1) is 11.1 Å². The molecule has 2 nitrogen and oxygen atoms in total. The van der Waals surface area contributed by atoms with Gasteiger partial charge in [-0.3, -0.25) is 0 Å². The first-order valence-corrected chi connectivity index (χ1v) is 25.8. The van der Waals surface area contributed by atoms with E-state index >= 15 is 0 Å². The number of furan rings is 1. The second kappa shape index (κ2) is 18.4. The van der Waals surface area contributed by atoms with Crippen LogP contribution in [0.4, 0.5) is 17.1 Å². The Hall–Kier alpha value is -9.76. The van der Waals surface area contributed by atoms with Crippen molar-refractivity contribution < 1.29 is 4.42 Å². The van der Waals surface area contributed by atoms with E-state index in [0.29, 0.717) is 0 Å². The first-order chi connectivity index (χ1) is 37.2. The van der Waals surface area contributed by atoms with E-state index in [-0.39, 0.29) is 0 Å². The number of hydrogen-bond acceptors (Lipinski definition) is 2. The lowest BCUT2D eigenvalue weighted by molar-refractivity contribution is 0.669. The van der Waals surface area contributed by atoms with Crippen LogP contribution in [0, 0.1) is 0 Å². The maximum atomic E-state index is 6.36. The van der Waals surface area contributed by atoms with Crippen molar-refractivity contribution in [1.29, 1.82) is 0 Å². The van der Waals surface area contributed by atoms with E-state index < -0.39 is 5.41 Å². The number of anilines is 3. The molecule has 14 rings (SSSR count). The lowest BCUT2D eigenvalue weighted by Gasteiger charge is -2.34. The van der Waals surface area contributed by atoms with Crippen molar-refractivity contribution in [2.24, 2.45) is 0 Å². The third-order valence-corrected chi connectivity index (χ3v) is 15.4. The lowest BCUT2D eigenvalue weighted by Crippen LogP contribution is -2.28. The SMILES string of the molecule is c1ccc(-c2cc(-c3ccccc3)cc(-c3ccc(N(c4ccc(-c5ccc6c(c5)oc5ccccc56)cc4)c4ccccc4-c4cccc5c4-c4ccccc4C5(c4ccccc4)c4ccccc4)cc3)c2)cc1. The summed E-state index contributed by atoms with van der Waals surface area (Å²) in [4.78, 5) is 2.43. The van der Waals surface area contributed by atoms with Gasteiger partial charge in [0.25, 0.3) is 0 Å². The van der Waals surface area contributed by atoms with Crippen molar-refractivity contribution in [3.8, 4) is 66.8 Å². The molecule has 75 heavy (non-hydrogen) atoms. The Morgan fingerprint density at radius 3 is 1.32 bits per heavy atom. The van der Waals surface area contributed by atoms with Gasteiger partial charge in [-0.25, -0.2) is 0 Å². The minimum Gasteiger partial charge on any atom is -0.456 e. The van der Waals surface area contributed by atoms with Crippen LogP contribution in [0.1, 0.15) is 22.3 Å². The highest BCUT2D eigenvalue weighted by molar-refractivity contribution is 6.06. The van der Waals surface area contributed by atoms with Gasteiger partial charge >= 0.3 is 0 Å². The van der Waals surface area contributed by atoms with E-state index in [9.17, 15) is 0 Å². The molecule has 1 aliphatic carbocycles. The van der Waals surface area contributed by atoms with Crippen LogP contribution in [0.2, 0.25) is 0 Å². The zero-order valence-corrected chi connectivity index (χ0v) is 41.1. The highest BCUT2D eigenvalue weighted by Gasteiger charge is 2.47. The molecule has 0 unspecified atom stereocenters. The van der Waals surface area contributed by atoms with Crippen LogP contribution in [0.5, 0.6) is 0 Å². The number of nitrogens with zero attached hydrogens (tertiary/aromatic N) is 1. The molecule has 0 N–H and O–H groups in total. The predicted octanol–water partition coefficient (Wildman–Crippen LogP) is 19.8. The average molecular weight is 956 g/mol. The molecular formula is C73H49NO. The van der Waals surface area contributed by atoms with Crippen molar-refractivity contribution in [3.05, 3.63) is 320 Å². The Balaban J connectivity index is 0.938. The van der Waals surface area contributed by atoms with Crippen molar-refractivity contribution in [2.75, 3.05) is 4.90 Å². The van der Waals surface area contributed by atoms with Gasteiger partial charge in [0, 0.05) is 27.7 Å². The number of fused-ring (bicyclic) bond motifs is 6. The molecule has 13 aromatic rings. The molecule has 0 bridgehead atoms. The second-order valence-corrected chi connectivity index (χ2v) is 19.5. The number of para-hydroxylation sites is 2. The molecule has 1 heterocycles. The largest absolute Gasteiger partial charge is 0.456 e. The highest BCUT2D eigenvalue weighted by Crippen LogP contribution is 2.59. The Kier molecular flexibility index (Phi) is 10.8. The van der Waals surface area contributed by atoms with Crippen LogP contribution in [0.3, 0.4) is 0 Å². The number of rotatable bonds is 10. The molecule has 0 saturated carbocycles. The van der Waals surface area contributed by atoms with Gasteiger partial charge in [-0.2, -0.15) is 0 Å². The first kappa shape index (κ1) is 44.0. The van der Waals surface area contributed by atoms with Crippen LogP contribution >= 0.6 is 0 Å². The molecule has 12 aromatic carbocycles. The van der Waals surface area contributed by atoms with E-state index in [1.54, 1.807) is 0 Å². The monoisotopic (exact) mass is 955 g/mol. The zero-order chi connectivity index (χ0) is 49.7. The van der Waals surface area contributed by atoms with Gasteiger partial charge in [0.1, 0.15) is 11.2 Å². The maximum absolute atomic E-state index is 6.36. The fourth-order valence-electron chi connectivity index (χ4n) is 11.9. The van der Waals surface area contributed by atoms with Crippen LogP contribution in [-0.4, -0.2) is 0 Å². The van der Waals surface area contributed by atoms with Gasteiger partial charge in [0.15, 0.2) is 0 Å².